The number of hydrogen-bond donors (Lipinski definition) is 1. The van der Waals surface area contributed by atoms with Gasteiger partial charge >= 0.3 is 0 Å². The van der Waals surface area contributed by atoms with Gasteiger partial charge in [0.05, 0.1) is 11.4 Å². The molecule has 0 heterocycles. The number of nitrogens with zero attached hydrogens (tertiary/aromatic N) is 2. The molecule has 0 unspecified atom stereocenters. The normalized spacial score (nSPS) is 11.1. The average Bonchev–Trinajstić information content (AvgIpc) is 2.58. The van der Waals surface area contributed by atoms with Crippen molar-refractivity contribution in [3.8, 4) is 5.75 Å². The first-order chi connectivity index (χ1) is 11.5. The second-order valence-corrected chi connectivity index (χ2v) is 5.86. The summed E-state index contributed by atoms with van der Waals surface area (Å²) in [7, 11) is 3.39. The summed E-state index contributed by atoms with van der Waals surface area (Å²) >= 11 is 5.94. The topological polar surface area (TPSA) is 53.9 Å². The van der Waals surface area contributed by atoms with Crippen molar-refractivity contribution in [2.75, 3.05) is 26.1 Å². The van der Waals surface area contributed by atoms with E-state index in [1.165, 1.54) is 4.90 Å². The van der Waals surface area contributed by atoms with Crippen LogP contribution in [0.5, 0.6) is 5.75 Å². The summed E-state index contributed by atoms with van der Waals surface area (Å²) in [5, 5.41) is 4.99. The highest BCUT2D eigenvalue weighted by molar-refractivity contribution is 6.30. The first kappa shape index (κ1) is 17.8. The highest BCUT2D eigenvalue weighted by Crippen LogP contribution is 2.16. The minimum atomic E-state index is -0.0810. The van der Waals surface area contributed by atoms with Crippen molar-refractivity contribution in [1.82, 2.24) is 4.90 Å². The zero-order valence-corrected chi connectivity index (χ0v) is 14.7. The van der Waals surface area contributed by atoms with E-state index in [0.717, 1.165) is 17.0 Å². The van der Waals surface area contributed by atoms with Crippen LogP contribution in [0.15, 0.2) is 53.6 Å². The number of hydrogen-bond acceptors (Lipinski definition) is 4. The zero-order chi connectivity index (χ0) is 17.5. The number of hydrazone groups is 1. The third-order valence-corrected chi connectivity index (χ3v) is 3.55. The molecular weight excluding hydrogens is 326 g/mol. The second kappa shape index (κ2) is 8.36. The number of ether oxygens (including phenoxy) is 1. The summed E-state index contributed by atoms with van der Waals surface area (Å²) in [5.41, 5.74) is 5.58. The van der Waals surface area contributed by atoms with Gasteiger partial charge in [-0.3, -0.25) is 10.2 Å². The van der Waals surface area contributed by atoms with Crippen molar-refractivity contribution in [3.05, 3.63) is 59.1 Å². The van der Waals surface area contributed by atoms with Gasteiger partial charge in [-0.1, -0.05) is 17.7 Å². The number of carbonyl (C=O) groups is 1. The first-order valence-corrected chi connectivity index (χ1v) is 7.83. The monoisotopic (exact) mass is 345 g/mol. The van der Waals surface area contributed by atoms with E-state index < -0.39 is 0 Å². The molecule has 1 N–H and O–H groups in total. The van der Waals surface area contributed by atoms with Crippen molar-refractivity contribution >= 4 is 28.9 Å². The molecule has 0 saturated heterocycles. The number of carbonyl (C=O) groups excluding carboxylic acids is 1. The predicted octanol–water partition coefficient (Wildman–Crippen LogP) is 3.64. The lowest BCUT2D eigenvalue weighted by Gasteiger charge is -2.11. The summed E-state index contributed by atoms with van der Waals surface area (Å²) in [6.07, 6.45) is 0. The van der Waals surface area contributed by atoms with Crippen LogP contribution in [-0.2, 0) is 4.79 Å². The predicted molar refractivity (Wildman–Crippen MR) is 97.9 cm³/mol. The average molecular weight is 346 g/mol. The van der Waals surface area contributed by atoms with E-state index in [4.69, 9.17) is 16.3 Å². The van der Waals surface area contributed by atoms with Crippen molar-refractivity contribution < 1.29 is 9.53 Å². The summed E-state index contributed by atoms with van der Waals surface area (Å²) in [6.45, 7) is 1.93. The Morgan fingerprint density at radius 2 is 1.92 bits per heavy atom. The van der Waals surface area contributed by atoms with Crippen molar-refractivity contribution in [2.24, 2.45) is 5.10 Å². The maximum atomic E-state index is 11.5. The molecule has 0 bridgehead atoms. The molecule has 5 nitrogen and oxygen atoms in total. The fourth-order valence-corrected chi connectivity index (χ4v) is 2.03. The molecule has 126 valence electrons. The van der Waals surface area contributed by atoms with Gasteiger partial charge in [0.2, 0.25) is 0 Å². The molecule has 6 heteroatoms. The molecule has 0 spiro atoms. The number of halogens is 1. The lowest BCUT2D eigenvalue weighted by atomic mass is 10.1. The molecule has 0 aliphatic rings. The Bertz CT molecular complexity index is 727. The van der Waals surface area contributed by atoms with Crippen molar-refractivity contribution in [2.45, 2.75) is 6.92 Å². The molecule has 2 aromatic carbocycles. The highest BCUT2D eigenvalue weighted by atomic mass is 35.5. The maximum Gasteiger partial charge on any atom is 0.259 e. The molecule has 0 radical (unpaired) electrons. The number of anilines is 1. The third kappa shape index (κ3) is 5.28. The van der Waals surface area contributed by atoms with Crippen LogP contribution in [0.3, 0.4) is 0 Å². The molecule has 2 rings (SSSR count). The minimum absolute atomic E-state index is 0.0236. The molecule has 0 aliphatic carbocycles. The minimum Gasteiger partial charge on any atom is -0.484 e. The number of nitrogens with one attached hydrogen (secondary N) is 1. The molecule has 0 aromatic heterocycles. The van der Waals surface area contributed by atoms with Gasteiger partial charge in [-0.05, 0) is 55.0 Å². The molecule has 0 aliphatic heterocycles. The fraction of sp³-hybridized carbons (Fsp3) is 0.222. The fourth-order valence-electron chi connectivity index (χ4n) is 1.84. The molecule has 0 saturated carbocycles. The van der Waals surface area contributed by atoms with E-state index in [9.17, 15) is 4.79 Å². The van der Waals surface area contributed by atoms with Crippen LogP contribution in [-0.4, -0.2) is 37.2 Å². The summed E-state index contributed by atoms with van der Waals surface area (Å²) in [4.78, 5) is 13.0. The van der Waals surface area contributed by atoms with Crippen LogP contribution < -0.4 is 10.2 Å². The van der Waals surface area contributed by atoms with E-state index in [1.807, 2.05) is 49.4 Å². The van der Waals surface area contributed by atoms with E-state index >= 15 is 0 Å². The largest absolute Gasteiger partial charge is 0.484 e. The van der Waals surface area contributed by atoms with E-state index in [1.54, 1.807) is 20.2 Å². The summed E-state index contributed by atoms with van der Waals surface area (Å²) < 4.78 is 5.44. The van der Waals surface area contributed by atoms with E-state index in [0.29, 0.717) is 10.8 Å². The molecule has 24 heavy (non-hydrogen) atoms. The van der Waals surface area contributed by atoms with Gasteiger partial charge in [-0.15, -0.1) is 0 Å². The van der Waals surface area contributed by atoms with Crippen molar-refractivity contribution in [3.63, 3.8) is 0 Å². The summed E-state index contributed by atoms with van der Waals surface area (Å²) in [6, 6.07) is 14.8. The maximum absolute atomic E-state index is 11.5. The number of rotatable bonds is 6. The van der Waals surface area contributed by atoms with Crippen LogP contribution in [0.25, 0.3) is 0 Å². The second-order valence-electron chi connectivity index (χ2n) is 5.42. The van der Waals surface area contributed by atoms with Crippen LogP contribution in [0, 0.1) is 0 Å². The summed E-state index contributed by atoms with van der Waals surface area (Å²) in [5.74, 6) is 0.562. The van der Waals surface area contributed by atoms with Crippen LogP contribution in [0.2, 0.25) is 5.02 Å². The van der Waals surface area contributed by atoms with Crippen LogP contribution in [0.1, 0.15) is 12.5 Å². The van der Waals surface area contributed by atoms with Gasteiger partial charge in [0.15, 0.2) is 6.61 Å². The lowest BCUT2D eigenvalue weighted by Crippen LogP contribution is -2.27. The Balaban J connectivity index is 1.96. The van der Waals surface area contributed by atoms with Gasteiger partial charge in [0, 0.05) is 19.1 Å². The highest BCUT2D eigenvalue weighted by Gasteiger charge is 2.05. The smallest absolute Gasteiger partial charge is 0.259 e. The van der Waals surface area contributed by atoms with Gasteiger partial charge in [-0.25, -0.2) is 0 Å². The van der Waals surface area contributed by atoms with Gasteiger partial charge in [-0.2, -0.15) is 5.10 Å². The number of benzene rings is 2. The number of likely N-dealkylation sites (N-methyl/N-ethyl adjacent to an activating group) is 1. The SMILES string of the molecule is C/C(=N/Nc1cccc(Cl)c1)c1ccc(OCC(=O)N(C)C)cc1. The molecule has 1 amide bonds. The Morgan fingerprint density at radius 3 is 2.54 bits per heavy atom. The molecular formula is C18H20ClN3O2. The standard InChI is InChI=1S/C18H20ClN3O2/c1-13(20-21-16-6-4-5-15(19)11-16)14-7-9-17(10-8-14)24-12-18(23)22(2)3/h4-11,21H,12H2,1-3H3/b20-13-. The Hall–Kier alpha value is -2.53. The van der Waals surface area contributed by atoms with Crippen LogP contribution in [0.4, 0.5) is 5.69 Å². The van der Waals surface area contributed by atoms with Crippen LogP contribution >= 0.6 is 11.6 Å². The Morgan fingerprint density at radius 1 is 1.21 bits per heavy atom. The van der Waals surface area contributed by atoms with Gasteiger partial charge in [0.25, 0.3) is 5.91 Å². The van der Waals surface area contributed by atoms with E-state index in [-0.39, 0.29) is 12.5 Å². The number of amides is 1. The third-order valence-electron chi connectivity index (χ3n) is 3.31. The molecule has 0 fully saturated rings. The van der Waals surface area contributed by atoms with Crippen molar-refractivity contribution in [1.29, 1.82) is 0 Å². The Labute approximate surface area is 146 Å². The zero-order valence-electron chi connectivity index (χ0n) is 13.9. The molecule has 0 atom stereocenters. The lowest BCUT2D eigenvalue weighted by molar-refractivity contribution is -0.130. The van der Waals surface area contributed by atoms with Gasteiger partial charge < -0.3 is 9.64 Å². The first-order valence-electron chi connectivity index (χ1n) is 7.45. The van der Waals surface area contributed by atoms with Gasteiger partial charge in [0.1, 0.15) is 5.75 Å². The Kier molecular flexibility index (Phi) is 6.21. The quantitative estimate of drug-likeness (QED) is 0.642. The molecule has 2 aromatic rings. The van der Waals surface area contributed by atoms with E-state index in [2.05, 4.69) is 10.5 Å².